The molecule has 0 radical (unpaired) electrons. The van der Waals surface area contributed by atoms with Crippen molar-refractivity contribution in [2.75, 3.05) is 10.8 Å². The second kappa shape index (κ2) is 15.6. The first-order valence-corrected chi connectivity index (χ1v) is 17.3. The molecule has 0 saturated heterocycles. The zero-order valence-electron chi connectivity index (χ0n) is 26.4. The Labute approximate surface area is 282 Å². The van der Waals surface area contributed by atoms with E-state index in [4.69, 9.17) is 23.2 Å². The molecule has 0 aliphatic heterocycles. The topological polar surface area (TPSA) is 86.8 Å². The maximum atomic E-state index is 14.6. The van der Waals surface area contributed by atoms with Gasteiger partial charge in [-0.2, -0.15) is 0 Å². The van der Waals surface area contributed by atoms with Gasteiger partial charge in [0.1, 0.15) is 12.6 Å². The fourth-order valence-corrected chi connectivity index (χ4v) is 7.11. The molecule has 0 saturated carbocycles. The highest BCUT2D eigenvalue weighted by Crippen LogP contribution is 2.29. The molecule has 1 N–H and O–H groups in total. The van der Waals surface area contributed by atoms with Crippen molar-refractivity contribution >= 4 is 50.7 Å². The van der Waals surface area contributed by atoms with Crippen LogP contribution in [0.3, 0.4) is 0 Å². The van der Waals surface area contributed by atoms with Gasteiger partial charge >= 0.3 is 0 Å². The summed E-state index contributed by atoms with van der Waals surface area (Å²) in [6.45, 7) is 6.99. The van der Waals surface area contributed by atoms with E-state index in [-0.39, 0.29) is 29.8 Å². The van der Waals surface area contributed by atoms with Crippen LogP contribution in [-0.4, -0.2) is 43.8 Å². The standard InChI is InChI=1S/C36H39Cl2N3O4S/c1-5-27(4)39-36(43)34(21-28-12-8-6-9-13-28)40(23-29-17-18-30(37)22-32(29)38)35(42)24-41(33-19-16-25(2)20-26(33)3)46(44,45)31-14-10-7-11-15-31/h6-20,22,27,34H,5,21,23-24H2,1-4H3,(H,39,43). The number of hydrogen-bond donors (Lipinski definition) is 1. The number of sulfonamides is 1. The molecule has 242 valence electrons. The lowest BCUT2D eigenvalue weighted by Gasteiger charge is -2.35. The zero-order valence-corrected chi connectivity index (χ0v) is 28.7. The van der Waals surface area contributed by atoms with E-state index in [9.17, 15) is 18.0 Å². The highest BCUT2D eigenvalue weighted by Gasteiger charge is 2.35. The summed E-state index contributed by atoms with van der Waals surface area (Å²) in [5.74, 6) is -0.911. The van der Waals surface area contributed by atoms with Crippen molar-refractivity contribution in [3.05, 3.63) is 129 Å². The Morgan fingerprint density at radius 3 is 2.13 bits per heavy atom. The molecule has 10 heteroatoms. The molecule has 0 heterocycles. The fraction of sp³-hybridized carbons (Fsp3) is 0.278. The summed E-state index contributed by atoms with van der Waals surface area (Å²) < 4.78 is 29.5. The monoisotopic (exact) mass is 679 g/mol. The second-order valence-corrected chi connectivity index (χ2v) is 14.1. The number of benzene rings is 4. The van der Waals surface area contributed by atoms with E-state index in [1.165, 1.54) is 17.0 Å². The molecule has 4 aromatic carbocycles. The number of nitrogens with zero attached hydrogens (tertiary/aromatic N) is 2. The van der Waals surface area contributed by atoms with E-state index in [1.54, 1.807) is 42.5 Å². The van der Waals surface area contributed by atoms with Crippen LogP contribution in [0.25, 0.3) is 0 Å². The SMILES string of the molecule is CCC(C)NC(=O)C(Cc1ccccc1)N(Cc1ccc(Cl)cc1Cl)C(=O)CN(c1ccc(C)cc1C)S(=O)(=O)c1ccccc1. The van der Waals surface area contributed by atoms with E-state index >= 15 is 0 Å². The van der Waals surface area contributed by atoms with Gasteiger partial charge in [-0.15, -0.1) is 0 Å². The quantitative estimate of drug-likeness (QED) is 0.160. The predicted molar refractivity (Wildman–Crippen MR) is 186 cm³/mol. The van der Waals surface area contributed by atoms with Crippen molar-refractivity contribution in [3.63, 3.8) is 0 Å². The van der Waals surface area contributed by atoms with Gasteiger partial charge in [-0.3, -0.25) is 13.9 Å². The largest absolute Gasteiger partial charge is 0.352 e. The van der Waals surface area contributed by atoms with Crippen LogP contribution in [0, 0.1) is 13.8 Å². The third kappa shape index (κ3) is 8.69. The lowest BCUT2D eigenvalue weighted by molar-refractivity contribution is -0.140. The number of nitrogens with one attached hydrogen (secondary N) is 1. The minimum absolute atomic E-state index is 0.0467. The van der Waals surface area contributed by atoms with Crippen molar-refractivity contribution in [2.45, 2.75) is 64.1 Å². The number of carbonyl (C=O) groups is 2. The van der Waals surface area contributed by atoms with Crippen molar-refractivity contribution in [2.24, 2.45) is 0 Å². The Balaban J connectivity index is 1.85. The van der Waals surface area contributed by atoms with Gasteiger partial charge in [0.2, 0.25) is 11.8 Å². The highest BCUT2D eigenvalue weighted by atomic mass is 35.5. The van der Waals surface area contributed by atoms with Gasteiger partial charge in [0.25, 0.3) is 10.0 Å². The summed E-state index contributed by atoms with van der Waals surface area (Å²) in [4.78, 5) is 30.1. The molecule has 7 nitrogen and oxygen atoms in total. The summed E-state index contributed by atoms with van der Waals surface area (Å²) in [5.41, 5.74) is 3.42. The van der Waals surface area contributed by atoms with Gasteiger partial charge in [-0.05, 0) is 74.2 Å². The van der Waals surface area contributed by atoms with Crippen LogP contribution in [0.1, 0.15) is 42.5 Å². The number of rotatable bonds is 13. The number of amides is 2. The van der Waals surface area contributed by atoms with Crippen LogP contribution in [0.15, 0.2) is 102 Å². The fourth-order valence-electron chi connectivity index (χ4n) is 5.15. The maximum Gasteiger partial charge on any atom is 0.264 e. The third-order valence-corrected chi connectivity index (χ3v) is 10.2. The van der Waals surface area contributed by atoms with Gasteiger partial charge in [0.05, 0.1) is 10.6 Å². The van der Waals surface area contributed by atoms with Gasteiger partial charge < -0.3 is 10.2 Å². The van der Waals surface area contributed by atoms with Crippen LogP contribution in [0.5, 0.6) is 0 Å². The first-order valence-electron chi connectivity index (χ1n) is 15.1. The average Bonchev–Trinajstić information content (AvgIpc) is 3.03. The zero-order chi connectivity index (χ0) is 33.4. The number of carbonyl (C=O) groups excluding carboxylic acids is 2. The number of halogens is 2. The van der Waals surface area contributed by atoms with Crippen molar-refractivity contribution in [1.29, 1.82) is 0 Å². The van der Waals surface area contributed by atoms with Gasteiger partial charge in [-0.25, -0.2) is 8.42 Å². The highest BCUT2D eigenvalue weighted by molar-refractivity contribution is 7.92. The lowest BCUT2D eigenvalue weighted by Crippen LogP contribution is -2.54. The normalized spacial score (nSPS) is 12.7. The molecular weight excluding hydrogens is 641 g/mol. The lowest BCUT2D eigenvalue weighted by atomic mass is 10.0. The molecule has 0 aliphatic rings. The Morgan fingerprint density at radius 2 is 1.52 bits per heavy atom. The van der Waals surface area contributed by atoms with Gasteiger partial charge in [-0.1, -0.05) is 102 Å². The molecule has 4 aromatic rings. The number of hydrogen-bond acceptors (Lipinski definition) is 4. The van der Waals surface area contributed by atoms with E-state index < -0.39 is 28.5 Å². The summed E-state index contributed by atoms with van der Waals surface area (Å²) >= 11 is 12.8. The molecular formula is C36H39Cl2N3O4S. The molecule has 2 unspecified atom stereocenters. The number of aryl methyl sites for hydroxylation is 2. The minimum Gasteiger partial charge on any atom is -0.352 e. The van der Waals surface area contributed by atoms with E-state index in [0.717, 1.165) is 15.4 Å². The van der Waals surface area contributed by atoms with Crippen LogP contribution >= 0.6 is 23.2 Å². The van der Waals surface area contributed by atoms with Crippen molar-refractivity contribution in [1.82, 2.24) is 10.2 Å². The van der Waals surface area contributed by atoms with Gasteiger partial charge in [0, 0.05) is 29.1 Å². The molecule has 0 spiro atoms. The Kier molecular flexibility index (Phi) is 11.9. The molecule has 2 atom stereocenters. The van der Waals surface area contributed by atoms with Crippen molar-refractivity contribution < 1.29 is 18.0 Å². The minimum atomic E-state index is -4.19. The Bertz CT molecular complexity index is 1770. The van der Waals surface area contributed by atoms with Crippen molar-refractivity contribution in [3.8, 4) is 0 Å². The summed E-state index contributed by atoms with van der Waals surface area (Å²) in [5, 5.41) is 3.79. The maximum absolute atomic E-state index is 14.6. The van der Waals surface area contributed by atoms with Crippen LogP contribution < -0.4 is 9.62 Å². The summed E-state index contributed by atoms with van der Waals surface area (Å²) in [6.07, 6.45) is 0.894. The van der Waals surface area contributed by atoms with E-state index in [1.807, 2.05) is 70.2 Å². The van der Waals surface area contributed by atoms with Crippen LogP contribution in [-0.2, 0) is 32.6 Å². The van der Waals surface area contributed by atoms with Gasteiger partial charge in [0.15, 0.2) is 0 Å². The first-order chi connectivity index (χ1) is 21.9. The van der Waals surface area contributed by atoms with Crippen LogP contribution in [0.4, 0.5) is 5.69 Å². The molecule has 4 rings (SSSR count). The van der Waals surface area contributed by atoms with E-state index in [2.05, 4.69) is 5.32 Å². The Hall–Kier alpha value is -3.85. The first kappa shape index (κ1) is 35.0. The number of anilines is 1. The molecule has 46 heavy (non-hydrogen) atoms. The third-order valence-electron chi connectivity index (χ3n) is 7.86. The summed E-state index contributed by atoms with van der Waals surface area (Å²) in [7, 11) is -4.19. The molecule has 0 bridgehead atoms. The summed E-state index contributed by atoms with van der Waals surface area (Å²) in [6, 6.07) is 26.6. The van der Waals surface area contributed by atoms with E-state index in [0.29, 0.717) is 33.3 Å². The molecule has 0 aromatic heterocycles. The van der Waals surface area contributed by atoms with Crippen LogP contribution in [0.2, 0.25) is 10.0 Å². The second-order valence-electron chi connectivity index (χ2n) is 11.4. The molecule has 0 aliphatic carbocycles. The average molecular weight is 681 g/mol. The predicted octanol–water partition coefficient (Wildman–Crippen LogP) is 7.36. The smallest absolute Gasteiger partial charge is 0.264 e. The molecule has 2 amide bonds. The Morgan fingerprint density at radius 1 is 0.870 bits per heavy atom. The molecule has 0 fully saturated rings.